The topological polar surface area (TPSA) is 55.0 Å². The maximum Gasteiger partial charge on any atom is 0.337 e. The van der Waals surface area contributed by atoms with Crippen LogP contribution in [0.1, 0.15) is 32.9 Å². The Morgan fingerprint density at radius 3 is 2.46 bits per heavy atom. The van der Waals surface area contributed by atoms with E-state index >= 15 is 0 Å². The minimum absolute atomic E-state index is 0.369. The van der Waals surface area contributed by atoms with Crippen LogP contribution in [0.3, 0.4) is 0 Å². The molecule has 0 fully saturated rings. The molecule has 140 valence electrons. The van der Waals surface area contributed by atoms with Crippen LogP contribution in [0.2, 0.25) is 0 Å². The normalized spacial score (nSPS) is 11.2. The molecule has 1 heterocycles. The van der Waals surface area contributed by atoms with Crippen LogP contribution >= 0.6 is 15.9 Å². The SMILES string of the molecule is COC(=O)c1cccc(-n2c(C)cc(/C=C(/C#N)c3ccc(Br)cc3)c2C)c1. The molecule has 2 aromatic carbocycles. The largest absolute Gasteiger partial charge is 0.465 e. The van der Waals surface area contributed by atoms with Crippen molar-refractivity contribution in [3.63, 3.8) is 0 Å². The van der Waals surface area contributed by atoms with Gasteiger partial charge in [-0.3, -0.25) is 0 Å². The number of nitrogens with zero attached hydrogens (tertiary/aromatic N) is 2. The number of aromatic nitrogens is 1. The van der Waals surface area contributed by atoms with Crippen LogP contribution in [0.25, 0.3) is 17.3 Å². The van der Waals surface area contributed by atoms with Gasteiger partial charge in [0, 0.05) is 21.5 Å². The van der Waals surface area contributed by atoms with Crippen molar-refractivity contribution < 1.29 is 9.53 Å². The van der Waals surface area contributed by atoms with Gasteiger partial charge in [-0.1, -0.05) is 34.1 Å². The zero-order chi connectivity index (χ0) is 20.3. The van der Waals surface area contributed by atoms with Gasteiger partial charge in [0.25, 0.3) is 0 Å². The Bertz CT molecular complexity index is 1100. The van der Waals surface area contributed by atoms with Crippen LogP contribution in [0.5, 0.6) is 0 Å². The van der Waals surface area contributed by atoms with E-state index in [2.05, 4.69) is 26.6 Å². The molecule has 0 atom stereocenters. The summed E-state index contributed by atoms with van der Waals surface area (Å²) in [6.45, 7) is 4.00. The lowest BCUT2D eigenvalue weighted by atomic mass is 10.0. The minimum atomic E-state index is -0.369. The smallest absolute Gasteiger partial charge is 0.337 e. The van der Waals surface area contributed by atoms with E-state index in [1.165, 1.54) is 7.11 Å². The molecule has 0 radical (unpaired) electrons. The fraction of sp³-hybridized carbons (Fsp3) is 0.130. The van der Waals surface area contributed by atoms with E-state index in [1.807, 2.05) is 62.4 Å². The fourth-order valence-corrected chi connectivity index (χ4v) is 3.45. The number of nitriles is 1. The molecular weight excluding hydrogens is 416 g/mol. The van der Waals surface area contributed by atoms with E-state index in [-0.39, 0.29) is 5.97 Å². The number of methoxy groups -OCH3 is 1. The van der Waals surface area contributed by atoms with Crippen molar-refractivity contribution in [2.75, 3.05) is 7.11 Å². The van der Waals surface area contributed by atoms with Gasteiger partial charge < -0.3 is 9.30 Å². The van der Waals surface area contributed by atoms with Crippen LogP contribution in [0.4, 0.5) is 0 Å². The van der Waals surface area contributed by atoms with Crippen molar-refractivity contribution in [3.8, 4) is 11.8 Å². The molecule has 0 saturated heterocycles. The minimum Gasteiger partial charge on any atom is -0.465 e. The molecule has 0 spiro atoms. The first-order valence-electron chi connectivity index (χ1n) is 8.70. The highest BCUT2D eigenvalue weighted by Gasteiger charge is 2.13. The molecule has 4 nitrogen and oxygen atoms in total. The third-order valence-corrected chi connectivity index (χ3v) is 5.10. The van der Waals surface area contributed by atoms with Crippen LogP contribution < -0.4 is 0 Å². The van der Waals surface area contributed by atoms with E-state index < -0.39 is 0 Å². The van der Waals surface area contributed by atoms with Crippen LogP contribution in [-0.2, 0) is 4.74 Å². The fourth-order valence-electron chi connectivity index (χ4n) is 3.19. The lowest BCUT2D eigenvalue weighted by molar-refractivity contribution is 0.0600. The predicted molar refractivity (Wildman–Crippen MR) is 114 cm³/mol. The number of rotatable bonds is 4. The summed E-state index contributed by atoms with van der Waals surface area (Å²) in [6.07, 6.45) is 1.90. The van der Waals surface area contributed by atoms with Gasteiger partial charge >= 0.3 is 5.97 Å². The van der Waals surface area contributed by atoms with Crippen molar-refractivity contribution in [2.24, 2.45) is 0 Å². The lowest BCUT2D eigenvalue weighted by Gasteiger charge is -2.11. The van der Waals surface area contributed by atoms with Crippen LogP contribution in [0, 0.1) is 25.2 Å². The Labute approximate surface area is 172 Å². The van der Waals surface area contributed by atoms with E-state index in [4.69, 9.17) is 4.74 Å². The van der Waals surface area contributed by atoms with Gasteiger partial charge in [-0.2, -0.15) is 5.26 Å². The molecule has 3 rings (SSSR count). The molecule has 1 aromatic heterocycles. The molecule has 0 amide bonds. The van der Waals surface area contributed by atoms with Gasteiger partial charge in [0.2, 0.25) is 0 Å². The third-order valence-electron chi connectivity index (χ3n) is 4.57. The van der Waals surface area contributed by atoms with Gasteiger partial charge in [0.1, 0.15) is 0 Å². The summed E-state index contributed by atoms with van der Waals surface area (Å²) < 4.78 is 7.85. The maximum atomic E-state index is 11.9. The monoisotopic (exact) mass is 434 g/mol. The Kier molecular flexibility index (Phi) is 5.81. The quantitative estimate of drug-likeness (QED) is 0.390. The number of hydrogen-bond donors (Lipinski definition) is 0. The van der Waals surface area contributed by atoms with Crippen molar-refractivity contribution in [1.29, 1.82) is 5.26 Å². The second-order valence-electron chi connectivity index (χ2n) is 6.38. The Balaban J connectivity index is 2.06. The van der Waals surface area contributed by atoms with E-state index in [0.29, 0.717) is 11.1 Å². The van der Waals surface area contributed by atoms with E-state index in [9.17, 15) is 10.1 Å². The summed E-state index contributed by atoms with van der Waals surface area (Å²) in [4.78, 5) is 11.9. The first-order chi connectivity index (χ1) is 13.4. The number of carbonyl (C=O) groups excluding carboxylic acids is 1. The number of ether oxygens (including phenoxy) is 1. The summed E-state index contributed by atoms with van der Waals surface area (Å²) in [6, 6.07) is 19.3. The molecule has 0 aliphatic heterocycles. The molecule has 0 aliphatic carbocycles. The second-order valence-corrected chi connectivity index (χ2v) is 7.30. The van der Waals surface area contributed by atoms with E-state index in [0.717, 1.165) is 32.7 Å². The number of aryl methyl sites for hydroxylation is 1. The van der Waals surface area contributed by atoms with Crippen LogP contribution in [-0.4, -0.2) is 17.6 Å². The third kappa shape index (κ3) is 3.92. The Morgan fingerprint density at radius 2 is 1.82 bits per heavy atom. The number of esters is 1. The molecule has 28 heavy (non-hydrogen) atoms. The average molecular weight is 435 g/mol. The zero-order valence-corrected chi connectivity index (χ0v) is 17.4. The first kappa shape index (κ1) is 19.7. The molecule has 0 aliphatic rings. The van der Waals surface area contributed by atoms with Gasteiger partial charge in [0.05, 0.1) is 24.3 Å². The standard InChI is InChI=1S/C23H19BrN2O2/c1-15-11-19(12-20(14-25)17-7-9-21(24)10-8-17)16(2)26(15)22-6-4-5-18(13-22)23(27)28-3/h4-13H,1-3H3/b20-12-. The number of halogens is 1. The van der Waals surface area contributed by atoms with Crippen molar-refractivity contribution >= 4 is 33.5 Å². The van der Waals surface area contributed by atoms with Crippen molar-refractivity contribution in [2.45, 2.75) is 13.8 Å². The van der Waals surface area contributed by atoms with Crippen molar-refractivity contribution in [1.82, 2.24) is 4.57 Å². The van der Waals surface area contributed by atoms with Gasteiger partial charge in [-0.15, -0.1) is 0 Å². The average Bonchev–Trinajstić information content (AvgIpc) is 2.99. The molecule has 0 bridgehead atoms. The molecule has 0 N–H and O–H groups in total. The number of benzene rings is 2. The van der Waals surface area contributed by atoms with Crippen LogP contribution in [0.15, 0.2) is 59.1 Å². The molecule has 0 saturated carbocycles. The Morgan fingerprint density at radius 1 is 1.11 bits per heavy atom. The molecule has 3 aromatic rings. The lowest BCUT2D eigenvalue weighted by Crippen LogP contribution is -2.04. The predicted octanol–water partition coefficient (Wildman–Crippen LogP) is 5.71. The van der Waals surface area contributed by atoms with E-state index in [1.54, 1.807) is 12.1 Å². The zero-order valence-electron chi connectivity index (χ0n) is 15.9. The first-order valence-corrected chi connectivity index (χ1v) is 9.49. The van der Waals surface area contributed by atoms with Gasteiger partial charge in [-0.05, 0) is 67.4 Å². The second kappa shape index (κ2) is 8.28. The summed E-state index contributed by atoms with van der Waals surface area (Å²) in [5.74, 6) is -0.369. The summed E-state index contributed by atoms with van der Waals surface area (Å²) in [5.41, 5.74) is 5.79. The maximum absolute atomic E-state index is 11.9. The number of allylic oxidation sites excluding steroid dienone is 1. The van der Waals surface area contributed by atoms with Gasteiger partial charge in [0.15, 0.2) is 0 Å². The molecule has 0 unspecified atom stereocenters. The molecular formula is C23H19BrN2O2. The highest BCUT2D eigenvalue weighted by atomic mass is 79.9. The Hall–Kier alpha value is -3.10. The summed E-state index contributed by atoms with van der Waals surface area (Å²) in [7, 11) is 1.37. The van der Waals surface area contributed by atoms with Crippen molar-refractivity contribution in [3.05, 3.63) is 87.1 Å². The summed E-state index contributed by atoms with van der Waals surface area (Å²) >= 11 is 3.42. The van der Waals surface area contributed by atoms with Gasteiger partial charge in [-0.25, -0.2) is 4.79 Å². The highest BCUT2D eigenvalue weighted by Crippen LogP contribution is 2.26. The number of carbonyl (C=O) groups is 1. The molecule has 5 heteroatoms. The number of hydrogen-bond acceptors (Lipinski definition) is 3. The summed E-state index contributed by atoms with van der Waals surface area (Å²) in [5, 5.41) is 9.63. The highest BCUT2D eigenvalue weighted by molar-refractivity contribution is 9.10.